The molecule has 0 atom stereocenters. The van der Waals surface area contributed by atoms with Gasteiger partial charge in [-0.15, -0.1) is 0 Å². The molecule has 0 aliphatic carbocycles. The summed E-state index contributed by atoms with van der Waals surface area (Å²) in [6, 6.07) is 0. The van der Waals surface area contributed by atoms with Crippen LogP contribution in [0.15, 0.2) is 12.4 Å². The largest absolute Gasteiger partial charge is 0.356 e. The molecule has 0 aromatic heterocycles. The molecule has 0 N–H and O–H groups in total. The third-order valence-electron chi connectivity index (χ3n) is 5.57. The molecule has 0 fully saturated rings. The van der Waals surface area contributed by atoms with Crippen molar-refractivity contribution in [1.82, 2.24) is 9.80 Å². The molecule has 0 unspecified atom stereocenters. The molecule has 0 aromatic rings. The Kier molecular flexibility index (Phi) is 14.0. The molecule has 1 heterocycles. The molecular formula is C23H46N2. The van der Waals surface area contributed by atoms with Crippen LogP contribution in [0.4, 0.5) is 0 Å². The molecule has 0 spiro atoms. The molecule has 1 rings (SSSR count). The maximum atomic E-state index is 2.63. The Labute approximate surface area is 159 Å². The lowest BCUT2D eigenvalue weighted by Gasteiger charge is -2.33. The summed E-state index contributed by atoms with van der Waals surface area (Å²) in [7, 11) is 0. The first kappa shape index (κ1) is 22.4. The molecular weight excluding hydrogens is 304 g/mol. The van der Waals surface area contributed by atoms with Crippen molar-refractivity contribution < 1.29 is 0 Å². The van der Waals surface area contributed by atoms with Crippen LogP contribution in [-0.2, 0) is 0 Å². The highest BCUT2D eigenvalue weighted by atomic mass is 15.4. The van der Waals surface area contributed by atoms with Crippen molar-refractivity contribution in [2.45, 2.75) is 123 Å². The molecule has 0 aromatic carbocycles. The minimum atomic E-state index is 0.645. The molecule has 1 aliphatic heterocycles. The summed E-state index contributed by atoms with van der Waals surface area (Å²) in [4.78, 5) is 5.26. The van der Waals surface area contributed by atoms with Crippen molar-refractivity contribution in [2.24, 2.45) is 0 Å². The van der Waals surface area contributed by atoms with Crippen LogP contribution in [0.5, 0.6) is 0 Å². The molecule has 148 valence electrons. The Morgan fingerprint density at radius 3 is 1.36 bits per heavy atom. The second-order valence-corrected chi connectivity index (χ2v) is 7.93. The molecule has 0 saturated heterocycles. The van der Waals surface area contributed by atoms with Crippen molar-refractivity contribution in [3.05, 3.63) is 12.4 Å². The van der Waals surface area contributed by atoms with E-state index in [1.54, 1.807) is 0 Å². The Hall–Kier alpha value is -0.660. The van der Waals surface area contributed by atoms with Crippen LogP contribution in [0.2, 0.25) is 0 Å². The first-order valence-corrected chi connectivity index (χ1v) is 11.5. The van der Waals surface area contributed by atoms with Crippen molar-refractivity contribution in [1.29, 1.82) is 0 Å². The van der Waals surface area contributed by atoms with E-state index >= 15 is 0 Å². The molecule has 2 heteroatoms. The van der Waals surface area contributed by atoms with Gasteiger partial charge in [-0.05, 0) is 25.7 Å². The summed E-state index contributed by atoms with van der Waals surface area (Å²) in [6.07, 6.45) is 26.1. The van der Waals surface area contributed by atoms with Gasteiger partial charge in [0.25, 0.3) is 0 Å². The van der Waals surface area contributed by atoms with Gasteiger partial charge in [-0.3, -0.25) is 0 Å². The quantitative estimate of drug-likeness (QED) is 0.254. The number of hydrogen-bond donors (Lipinski definition) is 0. The molecule has 0 amide bonds. The molecule has 25 heavy (non-hydrogen) atoms. The van der Waals surface area contributed by atoms with Crippen LogP contribution in [0.25, 0.3) is 0 Å². The number of rotatable bonds is 17. The predicted octanol–water partition coefficient (Wildman–Crippen LogP) is 7.31. The van der Waals surface area contributed by atoms with Gasteiger partial charge in [0.2, 0.25) is 0 Å². The third-order valence-corrected chi connectivity index (χ3v) is 5.57. The Balaban J connectivity index is 2.24. The van der Waals surface area contributed by atoms with Gasteiger partial charge in [0.1, 0.15) is 6.17 Å². The summed E-state index contributed by atoms with van der Waals surface area (Å²) in [5.74, 6) is 0. The van der Waals surface area contributed by atoms with Gasteiger partial charge in [0, 0.05) is 25.5 Å². The standard InChI is InChI=1S/C23H46N2/c1-4-7-10-12-14-16-19-24-21-22-25(23(24)18-9-6-3)20-17-15-13-11-8-5-2/h21-23H,4-20H2,1-3H3. The second-order valence-electron chi connectivity index (χ2n) is 7.93. The van der Waals surface area contributed by atoms with Gasteiger partial charge in [0.05, 0.1) is 0 Å². The van der Waals surface area contributed by atoms with Gasteiger partial charge in [-0.2, -0.15) is 0 Å². The zero-order valence-electron chi connectivity index (χ0n) is 17.6. The van der Waals surface area contributed by atoms with E-state index < -0.39 is 0 Å². The van der Waals surface area contributed by atoms with Gasteiger partial charge < -0.3 is 9.80 Å². The van der Waals surface area contributed by atoms with E-state index in [-0.39, 0.29) is 0 Å². The smallest absolute Gasteiger partial charge is 0.101 e. The first-order valence-electron chi connectivity index (χ1n) is 11.5. The normalized spacial score (nSPS) is 14.8. The van der Waals surface area contributed by atoms with Crippen LogP contribution in [-0.4, -0.2) is 29.1 Å². The fourth-order valence-electron chi connectivity index (χ4n) is 3.88. The van der Waals surface area contributed by atoms with E-state index in [0.717, 1.165) is 0 Å². The SMILES string of the molecule is CCCCCCCCN1C=CN(CCCCCCCC)C1CCCC. The highest BCUT2D eigenvalue weighted by Gasteiger charge is 2.24. The second kappa shape index (κ2) is 15.6. The summed E-state index contributed by atoms with van der Waals surface area (Å²) in [6.45, 7) is 9.42. The van der Waals surface area contributed by atoms with Gasteiger partial charge in [-0.1, -0.05) is 91.4 Å². The number of unbranched alkanes of at least 4 members (excludes halogenated alkanes) is 11. The summed E-state index contributed by atoms with van der Waals surface area (Å²) in [5, 5.41) is 0. The van der Waals surface area contributed by atoms with Crippen molar-refractivity contribution >= 4 is 0 Å². The number of hydrogen-bond acceptors (Lipinski definition) is 2. The maximum absolute atomic E-state index is 2.63. The van der Waals surface area contributed by atoms with Crippen molar-refractivity contribution in [3.63, 3.8) is 0 Å². The molecule has 0 saturated carbocycles. The van der Waals surface area contributed by atoms with E-state index in [4.69, 9.17) is 0 Å². The molecule has 0 bridgehead atoms. The van der Waals surface area contributed by atoms with E-state index in [0.29, 0.717) is 6.17 Å². The third kappa shape index (κ3) is 10.2. The highest BCUT2D eigenvalue weighted by Crippen LogP contribution is 2.23. The molecule has 2 nitrogen and oxygen atoms in total. The minimum Gasteiger partial charge on any atom is -0.356 e. The lowest BCUT2D eigenvalue weighted by atomic mass is 10.1. The zero-order chi connectivity index (χ0) is 18.2. The van der Waals surface area contributed by atoms with Crippen LogP contribution < -0.4 is 0 Å². The fraction of sp³-hybridized carbons (Fsp3) is 0.913. The average molecular weight is 351 g/mol. The first-order chi connectivity index (χ1) is 12.3. The van der Waals surface area contributed by atoms with Crippen LogP contribution >= 0.6 is 0 Å². The minimum absolute atomic E-state index is 0.645. The lowest BCUT2D eigenvalue weighted by molar-refractivity contribution is 0.136. The average Bonchev–Trinajstić information content (AvgIpc) is 3.01. The summed E-state index contributed by atoms with van der Waals surface area (Å²) in [5.41, 5.74) is 0. The van der Waals surface area contributed by atoms with E-state index in [2.05, 4.69) is 43.0 Å². The van der Waals surface area contributed by atoms with Crippen LogP contribution in [0.3, 0.4) is 0 Å². The zero-order valence-corrected chi connectivity index (χ0v) is 17.6. The maximum Gasteiger partial charge on any atom is 0.101 e. The van der Waals surface area contributed by atoms with Crippen molar-refractivity contribution in [3.8, 4) is 0 Å². The topological polar surface area (TPSA) is 6.48 Å². The predicted molar refractivity (Wildman–Crippen MR) is 113 cm³/mol. The lowest BCUT2D eigenvalue weighted by Crippen LogP contribution is -2.39. The van der Waals surface area contributed by atoms with E-state index in [1.165, 1.54) is 109 Å². The summed E-state index contributed by atoms with van der Waals surface area (Å²) < 4.78 is 0. The van der Waals surface area contributed by atoms with Crippen LogP contribution in [0.1, 0.15) is 117 Å². The molecule has 1 aliphatic rings. The van der Waals surface area contributed by atoms with Crippen molar-refractivity contribution in [2.75, 3.05) is 13.1 Å². The molecule has 0 radical (unpaired) electrons. The van der Waals surface area contributed by atoms with E-state index in [1.807, 2.05) is 0 Å². The monoisotopic (exact) mass is 350 g/mol. The van der Waals surface area contributed by atoms with Gasteiger partial charge in [0.15, 0.2) is 0 Å². The number of nitrogens with zero attached hydrogens (tertiary/aromatic N) is 2. The fourth-order valence-corrected chi connectivity index (χ4v) is 3.88. The van der Waals surface area contributed by atoms with E-state index in [9.17, 15) is 0 Å². The van der Waals surface area contributed by atoms with Gasteiger partial charge in [-0.25, -0.2) is 0 Å². The highest BCUT2D eigenvalue weighted by molar-refractivity contribution is 4.96. The summed E-state index contributed by atoms with van der Waals surface area (Å²) >= 11 is 0. The Bertz CT molecular complexity index is 287. The van der Waals surface area contributed by atoms with Crippen LogP contribution in [0, 0.1) is 0 Å². The Morgan fingerprint density at radius 1 is 0.520 bits per heavy atom. The van der Waals surface area contributed by atoms with Gasteiger partial charge >= 0.3 is 0 Å². The Morgan fingerprint density at radius 2 is 0.920 bits per heavy atom.